The van der Waals surface area contributed by atoms with E-state index in [1.54, 1.807) is 0 Å². The Morgan fingerprint density at radius 1 is 1.38 bits per heavy atom. The number of sulfone groups is 1. The monoisotopic (exact) mass is 392 g/mol. The number of halogens is 2. The van der Waals surface area contributed by atoms with Crippen LogP contribution < -0.4 is 0 Å². The van der Waals surface area contributed by atoms with Crippen LogP contribution in [0.1, 0.15) is 12.8 Å². The third-order valence-electron chi connectivity index (χ3n) is 3.43. The van der Waals surface area contributed by atoms with Gasteiger partial charge in [0.1, 0.15) is 0 Å². The van der Waals surface area contributed by atoms with Crippen molar-refractivity contribution in [1.29, 1.82) is 0 Å². The third-order valence-corrected chi connectivity index (χ3v) is 8.05. The minimum Gasteiger partial charge on any atom is -0.229 e. The van der Waals surface area contributed by atoms with E-state index in [4.69, 9.17) is 0 Å². The van der Waals surface area contributed by atoms with E-state index < -0.39 is 9.84 Å². The summed E-state index contributed by atoms with van der Waals surface area (Å²) in [4.78, 5) is 0. The van der Waals surface area contributed by atoms with Gasteiger partial charge in [-0.15, -0.1) is 0 Å². The minimum atomic E-state index is -2.77. The fourth-order valence-corrected chi connectivity index (χ4v) is 7.13. The highest BCUT2D eigenvalue weighted by molar-refractivity contribution is 9.09. The molecule has 2 nitrogen and oxygen atoms in total. The lowest BCUT2D eigenvalue weighted by atomic mass is 9.76. The van der Waals surface area contributed by atoms with Gasteiger partial charge in [0.15, 0.2) is 9.84 Å². The van der Waals surface area contributed by atoms with Crippen molar-refractivity contribution in [3.63, 3.8) is 0 Å². The van der Waals surface area contributed by atoms with E-state index in [-0.39, 0.29) is 5.41 Å². The summed E-state index contributed by atoms with van der Waals surface area (Å²) < 4.78 is 23.1. The van der Waals surface area contributed by atoms with E-state index in [1.165, 1.54) is 0 Å². The first-order valence-electron chi connectivity index (χ1n) is 5.31. The Morgan fingerprint density at radius 2 is 2.00 bits per heavy atom. The van der Waals surface area contributed by atoms with Crippen molar-refractivity contribution < 1.29 is 8.42 Å². The summed E-state index contributed by atoms with van der Waals surface area (Å²) in [6.45, 7) is 0. The maximum atomic E-state index is 11.6. The van der Waals surface area contributed by atoms with E-state index in [0.717, 1.165) is 29.3 Å². The third kappa shape index (κ3) is 3.62. The first-order chi connectivity index (χ1) is 7.49. The summed E-state index contributed by atoms with van der Waals surface area (Å²) in [6, 6.07) is 0. The van der Waals surface area contributed by atoms with Gasteiger partial charge < -0.3 is 0 Å². The Morgan fingerprint density at radius 3 is 2.38 bits per heavy atom. The molecule has 1 rings (SSSR count). The molecule has 1 heterocycles. The molecule has 96 valence electrons. The molecular formula is C10H18Br2O2S2. The van der Waals surface area contributed by atoms with Gasteiger partial charge in [0.25, 0.3) is 0 Å². The fraction of sp³-hybridized carbons (Fsp3) is 1.00. The molecule has 1 atom stereocenters. The highest BCUT2D eigenvalue weighted by Crippen LogP contribution is 2.42. The van der Waals surface area contributed by atoms with Crippen molar-refractivity contribution in [1.82, 2.24) is 0 Å². The van der Waals surface area contributed by atoms with Gasteiger partial charge in [0.05, 0.1) is 11.5 Å². The summed E-state index contributed by atoms with van der Waals surface area (Å²) in [5.74, 6) is 2.15. The van der Waals surface area contributed by atoms with Crippen LogP contribution in [0.2, 0.25) is 0 Å². The summed E-state index contributed by atoms with van der Waals surface area (Å²) in [5.41, 5.74) is 0.104. The predicted octanol–water partition coefficient (Wildman–Crippen LogP) is 2.95. The molecule has 0 amide bonds. The number of alkyl halides is 2. The van der Waals surface area contributed by atoms with Crippen LogP contribution in [0.4, 0.5) is 0 Å². The van der Waals surface area contributed by atoms with E-state index in [2.05, 4.69) is 38.1 Å². The second kappa shape index (κ2) is 6.43. The summed E-state index contributed by atoms with van der Waals surface area (Å²) >= 11 is 8.98. The molecule has 0 N–H and O–H groups in total. The zero-order valence-corrected chi connectivity index (χ0v) is 14.2. The van der Waals surface area contributed by atoms with Crippen LogP contribution in [-0.2, 0) is 9.84 Å². The van der Waals surface area contributed by atoms with Crippen LogP contribution in [0, 0.1) is 11.3 Å². The molecular weight excluding hydrogens is 376 g/mol. The highest BCUT2D eigenvalue weighted by Gasteiger charge is 2.42. The van der Waals surface area contributed by atoms with Crippen LogP contribution in [0.25, 0.3) is 0 Å². The van der Waals surface area contributed by atoms with Gasteiger partial charge in [-0.3, -0.25) is 0 Å². The van der Waals surface area contributed by atoms with Gasteiger partial charge in [-0.1, -0.05) is 31.9 Å². The summed E-state index contributed by atoms with van der Waals surface area (Å²) in [5, 5.41) is 1.76. The molecule has 0 radical (unpaired) electrons. The maximum Gasteiger partial charge on any atom is 0.150 e. The van der Waals surface area contributed by atoms with Crippen LogP contribution >= 0.6 is 43.6 Å². The molecule has 16 heavy (non-hydrogen) atoms. The van der Waals surface area contributed by atoms with Crippen molar-refractivity contribution >= 4 is 53.5 Å². The Bertz CT molecular complexity index is 313. The molecule has 1 unspecified atom stereocenters. The molecule has 6 heteroatoms. The molecule has 0 bridgehead atoms. The quantitative estimate of drug-likeness (QED) is 0.650. The lowest BCUT2D eigenvalue weighted by Gasteiger charge is -2.35. The van der Waals surface area contributed by atoms with Gasteiger partial charge in [-0.2, -0.15) is 11.8 Å². The average Bonchev–Trinajstić information content (AvgIpc) is 2.62. The number of hydrogen-bond donors (Lipinski definition) is 0. The molecule has 0 spiro atoms. The molecule has 1 aliphatic rings. The van der Waals surface area contributed by atoms with E-state index >= 15 is 0 Å². The molecule has 0 aromatic heterocycles. The van der Waals surface area contributed by atoms with Gasteiger partial charge in [-0.05, 0) is 36.2 Å². The van der Waals surface area contributed by atoms with Gasteiger partial charge in [-0.25, -0.2) is 8.42 Å². The molecule has 0 aromatic rings. The zero-order chi connectivity index (χ0) is 12.2. The highest BCUT2D eigenvalue weighted by atomic mass is 79.9. The Hall–Kier alpha value is 1.26. The number of rotatable bonds is 6. The molecule has 1 fully saturated rings. The molecule has 0 saturated carbocycles. The van der Waals surface area contributed by atoms with Gasteiger partial charge >= 0.3 is 0 Å². The van der Waals surface area contributed by atoms with Crippen LogP contribution in [0.15, 0.2) is 0 Å². The normalized spacial score (nSPS) is 24.8. The zero-order valence-electron chi connectivity index (χ0n) is 9.42. The van der Waals surface area contributed by atoms with Crippen molar-refractivity contribution in [2.45, 2.75) is 12.8 Å². The van der Waals surface area contributed by atoms with E-state index in [9.17, 15) is 8.42 Å². The van der Waals surface area contributed by atoms with Crippen LogP contribution in [0.3, 0.4) is 0 Å². The summed E-state index contributed by atoms with van der Waals surface area (Å²) in [7, 11) is -2.77. The summed E-state index contributed by atoms with van der Waals surface area (Å²) in [6.07, 6.45) is 4.00. The standard InChI is InChI=1S/C10H18Br2O2S2/c1-15-4-3-10(7-11,8-12)9-2-5-16(13,14)6-9/h9H,2-8H2,1H3. The first kappa shape index (κ1) is 15.3. The minimum absolute atomic E-state index is 0.104. The smallest absolute Gasteiger partial charge is 0.150 e. The number of thioether (sulfide) groups is 1. The Kier molecular flexibility index (Phi) is 6.16. The molecule has 1 aliphatic heterocycles. The lowest BCUT2D eigenvalue weighted by molar-refractivity contribution is 0.247. The van der Waals surface area contributed by atoms with Crippen LogP contribution in [0.5, 0.6) is 0 Å². The van der Waals surface area contributed by atoms with E-state index in [1.807, 2.05) is 11.8 Å². The molecule has 0 aliphatic carbocycles. The largest absolute Gasteiger partial charge is 0.229 e. The van der Waals surface area contributed by atoms with Crippen LogP contribution in [-0.4, -0.2) is 42.6 Å². The van der Waals surface area contributed by atoms with E-state index in [0.29, 0.717) is 17.4 Å². The topological polar surface area (TPSA) is 34.1 Å². The Balaban J connectivity index is 2.77. The second-order valence-corrected chi connectivity index (χ2v) is 8.81. The molecule has 0 aromatic carbocycles. The first-order valence-corrected chi connectivity index (χ1v) is 10.8. The van der Waals surface area contributed by atoms with Crippen molar-refractivity contribution in [2.75, 3.05) is 34.2 Å². The van der Waals surface area contributed by atoms with Gasteiger partial charge in [0, 0.05) is 10.7 Å². The van der Waals surface area contributed by atoms with Crippen molar-refractivity contribution in [2.24, 2.45) is 11.3 Å². The van der Waals surface area contributed by atoms with Crippen molar-refractivity contribution in [3.8, 4) is 0 Å². The van der Waals surface area contributed by atoms with Crippen molar-refractivity contribution in [3.05, 3.63) is 0 Å². The predicted molar refractivity (Wildman–Crippen MR) is 79.8 cm³/mol. The maximum absolute atomic E-state index is 11.6. The SMILES string of the molecule is CSCCC(CBr)(CBr)C1CCS(=O)(=O)C1. The van der Waals surface area contributed by atoms with Gasteiger partial charge in [0.2, 0.25) is 0 Å². The average molecular weight is 394 g/mol. The molecule has 1 saturated heterocycles. The number of hydrogen-bond acceptors (Lipinski definition) is 3. The Labute approximate surface area is 120 Å². The lowest BCUT2D eigenvalue weighted by Crippen LogP contribution is -2.35. The second-order valence-electron chi connectivity index (χ2n) is 4.47. The fourth-order valence-electron chi connectivity index (χ4n) is 2.17.